The summed E-state index contributed by atoms with van der Waals surface area (Å²) in [5.41, 5.74) is 10.5. The van der Waals surface area contributed by atoms with Gasteiger partial charge in [-0.2, -0.15) is 5.10 Å². The van der Waals surface area contributed by atoms with E-state index >= 15 is 0 Å². The molecule has 1 amide bonds. The van der Waals surface area contributed by atoms with Crippen molar-refractivity contribution >= 4 is 11.7 Å². The van der Waals surface area contributed by atoms with Crippen molar-refractivity contribution in [3.05, 3.63) is 59.9 Å². The molecule has 3 aliphatic heterocycles. The maximum atomic E-state index is 11.6. The predicted molar refractivity (Wildman–Crippen MR) is 134 cm³/mol. The number of fused-ring (bicyclic) bond motifs is 2. The fourth-order valence-corrected chi connectivity index (χ4v) is 5.93. The topological polar surface area (TPSA) is 98.3 Å². The van der Waals surface area contributed by atoms with Gasteiger partial charge in [-0.3, -0.25) is 9.48 Å². The predicted octanol–water partition coefficient (Wildman–Crippen LogP) is 3.29. The Morgan fingerprint density at radius 2 is 2.06 bits per heavy atom. The summed E-state index contributed by atoms with van der Waals surface area (Å²) in [5.74, 6) is 1.14. The molecular weight excluding hydrogens is 440 g/mol. The van der Waals surface area contributed by atoms with Gasteiger partial charge in [0.1, 0.15) is 6.10 Å². The van der Waals surface area contributed by atoms with Crippen molar-refractivity contribution in [1.82, 2.24) is 25.0 Å². The largest absolute Gasteiger partial charge is 0.482 e. The van der Waals surface area contributed by atoms with E-state index in [4.69, 9.17) is 15.6 Å². The molecule has 2 aromatic heterocycles. The van der Waals surface area contributed by atoms with Gasteiger partial charge in [-0.1, -0.05) is 30.3 Å². The normalized spacial score (nSPS) is 24.6. The molecule has 0 saturated carbocycles. The molecule has 0 radical (unpaired) electrons. The number of carbonyl (C=O) groups excluding carboxylic acids is 1. The minimum absolute atomic E-state index is 0.135. The number of ether oxygens (including phenoxy) is 1. The highest BCUT2D eigenvalue weighted by atomic mass is 16.5. The molecule has 1 unspecified atom stereocenters. The molecule has 3 N–H and O–H groups in total. The van der Waals surface area contributed by atoms with E-state index < -0.39 is 0 Å². The van der Waals surface area contributed by atoms with Crippen molar-refractivity contribution in [3.8, 4) is 17.0 Å². The van der Waals surface area contributed by atoms with Gasteiger partial charge in [0.25, 0.3) is 0 Å². The van der Waals surface area contributed by atoms with Crippen molar-refractivity contribution in [2.24, 2.45) is 0 Å². The molecule has 8 nitrogen and oxygen atoms in total. The average molecular weight is 473 g/mol. The molecule has 1 spiro atoms. The summed E-state index contributed by atoms with van der Waals surface area (Å²) in [4.78, 5) is 18.5. The van der Waals surface area contributed by atoms with Crippen LogP contribution in [-0.2, 0) is 16.8 Å². The molecule has 0 bridgehead atoms. The molecule has 2 fully saturated rings. The number of likely N-dealkylation sites (tertiary alicyclic amines) is 1. The number of hydrogen-bond acceptors (Lipinski definition) is 6. The zero-order valence-corrected chi connectivity index (χ0v) is 20.1. The first kappa shape index (κ1) is 22.1. The lowest BCUT2D eigenvalue weighted by molar-refractivity contribution is -0.119. The second-order valence-corrected chi connectivity index (χ2v) is 10.2. The first-order valence-corrected chi connectivity index (χ1v) is 12.6. The van der Waals surface area contributed by atoms with Gasteiger partial charge in [0, 0.05) is 55.0 Å². The van der Waals surface area contributed by atoms with Gasteiger partial charge in [-0.05, 0) is 50.4 Å². The van der Waals surface area contributed by atoms with Crippen molar-refractivity contribution in [1.29, 1.82) is 0 Å². The lowest BCUT2D eigenvalue weighted by Gasteiger charge is -2.25. The third-order valence-corrected chi connectivity index (χ3v) is 7.87. The Morgan fingerprint density at radius 1 is 1.23 bits per heavy atom. The minimum Gasteiger partial charge on any atom is -0.482 e. The lowest BCUT2D eigenvalue weighted by atomic mass is 9.82. The standard InChI is InChI=1S/C27H32N6O2/c1-18(19-5-3-2-4-6-19)35-23-13-20(15-29-26(23)28)22-14-24-27(10-12-33(24)31-22)9-11-32(17-27)16-21-7-8-25(34)30-21/h2-6,13-15,18,21H,7-12,16-17H2,1H3,(H2,28,29)(H,30,34)/t18?,21-,27-/m1/s1. The number of nitrogens with one attached hydrogen (secondary N) is 1. The molecule has 0 aliphatic carbocycles. The molecule has 8 heteroatoms. The van der Waals surface area contributed by atoms with E-state index in [9.17, 15) is 4.79 Å². The van der Waals surface area contributed by atoms with Crippen LogP contribution in [0.2, 0.25) is 0 Å². The zero-order valence-electron chi connectivity index (χ0n) is 20.1. The Kier molecular flexibility index (Phi) is 5.48. The van der Waals surface area contributed by atoms with Crippen LogP contribution in [0, 0.1) is 0 Å². The summed E-state index contributed by atoms with van der Waals surface area (Å²) in [5, 5.41) is 8.04. The quantitative estimate of drug-likeness (QED) is 0.571. The molecule has 6 rings (SSSR count). The van der Waals surface area contributed by atoms with Crippen molar-refractivity contribution in [2.45, 2.75) is 56.7 Å². The van der Waals surface area contributed by atoms with Crippen molar-refractivity contribution in [3.63, 3.8) is 0 Å². The molecule has 182 valence electrons. The van der Waals surface area contributed by atoms with E-state index in [-0.39, 0.29) is 23.5 Å². The van der Waals surface area contributed by atoms with Crippen LogP contribution in [0.5, 0.6) is 5.75 Å². The number of nitrogens with zero attached hydrogens (tertiary/aromatic N) is 4. The van der Waals surface area contributed by atoms with Crippen molar-refractivity contribution in [2.75, 3.05) is 25.4 Å². The van der Waals surface area contributed by atoms with E-state index in [0.29, 0.717) is 18.0 Å². The number of pyridine rings is 1. The van der Waals surface area contributed by atoms with E-state index in [0.717, 1.165) is 62.3 Å². The lowest BCUT2D eigenvalue weighted by Crippen LogP contribution is -2.39. The number of carbonyl (C=O) groups is 1. The molecule has 2 saturated heterocycles. The number of aryl methyl sites for hydroxylation is 1. The Bertz CT molecular complexity index is 1240. The molecule has 1 aromatic carbocycles. The summed E-state index contributed by atoms with van der Waals surface area (Å²) in [7, 11) is 0. The second-order valence-electron chi connectivity index (χ2n) is 10.2. The van der Waals surface area contributed by atoms with Gasteiger partial charge in [0.15, 0.2) is 11.6 Å². The number of aromatic nitrogens is 3. The Balaban J connectivity index is 1.20. The number of anilines is 1. The van der Waals surface area contributed by atoms with Crippen LogP contribution in [0.3, 0.4) is 0 Å². The van der Waals surface area contributed by atoms with Crippen LogP contribution in [0.15, 0.2) is 48.7 Å². The fourth-order valence-electron chi connectivity index (χ4n) is 5.93. The third kappa shape index (κ3) is 4.16. The highest BCUT2D eigenvalue weighted by Crippen LogP contribution is 2.44. The minimum atomic E-state index is -0.139. The van der Waals surface area contributed by atoms with Crippen LogP contribution in [-0.4, -0.2) is 51.2 Å². The summed E-state index contributed by atoms with van der Waals surface area (Å²) in [6.45, 7) is 5.97. The maximum Gasteiger partial charge on any atom is 0.220 e. The summed E-state index contributed by atoms with van der Waals surface area (Å²) >= 11 is 0. The van der Waals surface area contributed by atoms with E-state index in [1.165, 1.54) is 5.69 Å². The summed E-state index contributed by atoms with van der Waals surface area (Å²) in [6.07, 6.45) is 5.49. The number of nitrogens with two attached hydrogens (primary N) is 1. The van der Waals surface area contributed by atoms with Gasteiger partial charge < -0.3 is 20.7 Å². The van der Waals surface area contributed by atoms with Gasteiger partial charge in [-0.15, -0.1) is 0 Å². The number of benzene rings is 1. The van der Waals surface area contributed by atoms with Gasteiger partial charge >= 0.3 is 0 Å². The van der Waals surface area contributed by atoms with E-state index in [1.807, 2.05) is 43.3 Å². The highest BCUT2D eigenvalue weighted by Gasteiger charge is 2.46. The van der Waals surface area contributed by atoms with Gasteiger partial charge in [0.05, 0.1) is 5.69 Å². The average Bonchev–Trinajstić information content (AvgIpc) is 3.63. The first-order valence-electron chi connectivity index (χ1n) is 12.6. The Hall–Kier alpha value is -3.39. The number of amides is 1. The highest BCUT2D eigenvalue weighted by molar-refractivity contribution is 5.78. The maximum absolute atomic E-state index is 11.6. The van der Waals surface area contributed by atoms with Gasteiger partial charge in [-0.25, -0.2) is 4.98 Å². The molecule has 35 heavy (non-hydrogen) atoms. The molecular formula is C27H32N6O2. The number of nitrogen functional groups attached to an aromatic ring is 1. The van der Waals surface area contributed by atoms with E-state index in [2.05, 4.69) is 25.9 Å². The van der Waals surface area contributed by atoms with Crippen LogP contribution >= 0.6 is 0 Å². The Morgan fingerprint density at radius 3 is 2.86 bits per heavy atom. The molecule has 3 atom stereocenters. The Labute approximate surface area is 205 Å². The van der Waals surface area contributed by atoms with Gasteiger partial charge in [0.2, 0.25) is 5.91 Å². The van der Waals surface area contributed by atoms with Crippen LogP contribution in [0.4, 0.5) is 5.82 Å². The third-order valence-electron chi connectivity index (χ3n) is 7.87. The summed E-state index contributed by atoms with van der Waals surface area (Å²) < 4.78 is 8.36. The first-order chi connectivity index (χ1) is 17.0. The SMILES string of the molecule is CC(Oc1cc(-c2cc3n(n2)CC[C@@]32CCN(C[C@H]3CCC(=O)N3)C2)cnc1N)c1ccccc1. The van der Waals surface area contributed by atoms with Crippen molar-refractivity contribution < 1.29 is 9.53 Å². The monoisotopic (exact) mass is 472 g/mol. The second kappa shape index (κ2) is 8.68. The fraction of sp³-hybridized carbons (Fsp3) is 0.444. The van der Waals surface area contributed by atoms with Crippen LogP contribution in [0.1, 0.15) is 50.0 Å². The van der Waals surface area contributed by atoms with Crippen LogP contribution in [0.25, 0.3) is 11.3 Å². The molecule has 5 heterocycles. The molecule has 3 aliphatic rings. The number of rotatable bonds is 6. The number of hydrogen-bond donors (Lipinski definition) is 2. The zero-order chi connectivity index (χ0) is 24.0. The smallest absolute Gasteiger partial charge is 0.220 e. The van der Waals surface area contributed by atoms with Crippen LogP contribution < -0.4 is 15.8 Å². The summed E-state index contributed by atoms with van der Waals surface area (Å²) in [6, 6.07) is 14.6. The molecule has 3 aromatic rings. The van der Waals surface area contributed by atoms with E-state index in [1.54, 1.807) is 6.20 Å².